The van der Waals surface area contributed by atoms with Crippen LogP contribution in [0.2, 0.25) is 5.02 Å². The summed E-state index contributed by atoms with van der Waals surface area (Å²) in [5.74, 6) is 0. The summed E-state index contributed by atoms with van der Waals surface area (Å²) in [5, 5.41) is 15.4. The zero-order valence-electron chi connectivity index (χ0n) is 8.94. The Balaban J connectivity index is 2.85. The van der Waals surface area contributed by atoms with Crippen LogP contribution >= 0.6 is 11.6 Å². The number of methoxy groups -OCH3 is 1. The van der Waals surface area contributed by atoms with Crippen LogP contribution in [0.3, 0.4) is 0 Å². The zero-order chi connectivity index (χ0) is 12.0. The summed E-state index contributed by atoms with van der Waals surface area (Å²) in [6.45, 7) is 1.04. The first kappa shape index (κ1) is 13.0. The molecule has 0 saturated heterocycles. The van der Waals surface area contributed by atoms with E-state index in [1.165, 1.54) is 10.9 Å². The predicted octanol–water partition coefficient (Wildman–Crippen LogP) is -0.0527. The molecule has 0 atom stereocenters. The third kappa shape index (κ3) is 3.19. The molecule has 7 heteroatoms. The van der Waals surface area contributed by atoms with Crippen LogP contribution in [0, 0.1) is 0 Å². The minimum absolute atomic E-state index is 0.0386. The summed E-state index contributed by atoms with van der Waals surface area (Å²) in [4.78, 5) is 11.7. The van der Waals surface area contributed by atoms with Gasteiger partial charge in [-0.25, -0.2) is 4.68 Å². The lowest BCUT2D eigenvalue weighted by atomic mass is 10.4. The predicted molar refractivity (Wildman–Crippen MR) is 61.0 cm³/mol. The number of halogens is 1. The Hall–Kier alpha value is -1.11. The molecule has 6 nitrogen and oxygen atoms in total. The van der Waals surface area contributed by atoms with Crippen molar-refractivity contribution in [3.05, 3.63) is 21.6 Å². The molecule has 0 aromatic carbocycles. The van der Waals surface area contributed by atoms with Gasteiger partial charge in [0.05, 0.1) is 31.6 Å². The van der Waals surface area contributed by atoms with E-state index in [4.69, 9.17) is 21.4 Å². The van der Waals surface area contributed by atoms with Crippen molar-refractivity contribution in [1.29, 1.82) is 0 Å². The van der Waals surface area contributed by atoms with Gasteiger partial charge in [-0.1, -0.05) is 11.6 Å². The Morgan fingerprint density at radius 3 is 3.06 bits per heavy atom. The molecule has 90 valence electrons. The van der Waals surface area contributed by atoms with Crippen LogP contribution in [0.4, 0.5) is 5.69 Å². The van der Waals surface area contributed by atoms with Crippen LogP contribution in [0.15, 0.2) is 11.0 Å². The SMILES string of the molecule is COCCn1ncc(NCCO)c(Cl)c1=O. The number of aliphatic hydroxyl groups excluding tert-OH is 1. The second kappa shape index (κ2) is 6.47. The van der Waals surface area contributed by atoms with Crippen molar-refractivity contribution in [1.82, 2.24) is 9.78 Å². The normalized spacial score (nSPS) is 10.4. The van der Waals surface area contributed by atoms with Crippen LogP contribution < -0.4 is 10.9 Å². The van der Waals surface area contributed by atoms with Gasteiger partial charge in [0.1, 0.15) is 5.02 Å². The molecule has 0 aliphatic rings. The summed E-state index contributed by atoms with van der Waals surface area (Å²) in [5.41, 5.74) is 0.0519. The smallest absolute Gasteiger partial charge is 0.287 e. The molecular weight excluding hydrogens is 234 g/mol. The fraction of sp³-hybridized carbons (Fsp3) is 0.556. The molecule has 0 bridgehead atoms. The highest BCUT2D eigenvalue weighted by molar-refractivity contribution is 6.32. The highest BCUT2D eigenvalue weighted by Crippen LogP contribution is 2.14. The van der Waals surface area contributed by atoms with Gasteiger partial charge in [-0.3, -0.25) is 4.79 Å². The highest BCUT2D eigenvalue weighted by Gasteiger charge is 2.08. The maximum absolute atomic E-state index is 11.7. The van der Waals surface area contributed by atoms with Gasteiger partial charge in [-0.2, -0.15) is 5.10 Å². The van der Waals surface area contributed by atoms with E-state index in [2.05, 4.69) is 10.4 Å². The Morgan fingerprint density at radius 2 is 2.44 bits per heavy atom. The third-order valence-corrected chi connectivity index (χ3v) is 2.28. The maximum atomic E-state index is 11.7. The average molecular weight is 248 g/mol. The Morgan fingerprint density at radius 1 is 1.69 bits per heavy atom. The number of nitrogens with one attached hydrogen (secondary N) is 1. The van der Waals surface area contributed by atoms with Gasteiger partial charge in [0, 0.05) is 13.7 Å². The number of hydrogen-bond acceptors (Lipinski definition) is 5. The van der Waals surface area contributed by atoms with Crippen LogP contribution in [-0.2, 0) is 11.3 Å². The molecule has 1 rings (SSSR count). The Kier molecular flexibility index (Phi) is 5.24. The fourth-order valence-corrected chi connectivity index (χ4v) is 1.33. The molecule has 0 spiro atoms. The molecule has 0 saturated carbocycles. The summed E-state index contributed by atoms with van der Waals surface area (Å²) in [6.07, 6.45) is 1.45. The van der Waals surface area contributed by atoms with Gasteiger partial charge >= 0.3 is 0 Å². The first-order valence-corrected chi connectivity index (χ1v) is 5.17. The van der Waals surface area contributed by atoms with Gasteiger partial charge < -0.3 is 15.2 Å². The Labute approximate surface area is 97.8 Å². The fourth-order valence-electron chi connectivity index (χ4n) is 1.12. The van der Waals surface area contributed by atoms with E-state index in [-0.39, 0.29) is 17.2 Å². The molecule has 0 amide bonds. The zero-order valence-corrected chi connectivity index (χ0v) is 9.70. The average Bonchev–Trinajstić information content (AvgIpc) is 2.30. The first-order valence-electron chi connectivity index (χ1n) is 4.80. The number of hydrogen-bond donors (Lipinski definition) is 2. The number of aliphatic hydroxyl groups is 1. The number of nitrogens with zero attached hydrogens (tertiary/aromatic N) is 2. The first-order chi connectivity index (χ1) is 7.70. The lowest BCUT2D eigenvalue weighted by molar-refractivity contribution is 0.182. The van der Waals surface area contributed by atoms with Crippen LogP contribution in [0.25, 0.3) is 0 Å². The minimum Gasteiger partial charge on any atom is -0.395 e. The van der Waals surface area contributed by atoms with Crippen molar-refractivity contribution in [3.8, 4) is 0 Å². The van der Waals surface area contributed by atoms with Crippen LogP contribution in [0.5, 0.6) is 0 Å². The standard InChI is InChI=1S/C9H14ClN3O3/c1-16-5-3-13-9(15)8(10)7(6-12-13)11-2-4-14/h6,11,14H,2-5H2,1H3. The third-order valence-electron chi connectivity index (χ3n) is 1.92. The molecule has 0 aliphatic carbocycles. The summed E-state index contributed by atoms with van der Waals surface area (Å²) < 4.78 is 6.08. The Bertz CT molecular complexity index is 394. The second-order valence-corrected chi connectivity index (χ2v) is 3.42. The molecule has 0 radical (unpaired) electrons. The lowest BCUT2D eigenvalue weighted by Crippen LogP contribution is -2.26. The maximum Gasteiger partial charge on any atom is 0.287 e. The topological polar surface area (TPSA) is 76.4 Å². The highest BCUT2D eigenvalue weighted by atomic mass is 35.5. The second-order valence-electron chi connectivity index (χ2n) is 3.04. The molecule has 0 unspecified atom stereocenters. The number of ether oxygens (including phenoxy) is 1. The molecular formula is C9H14ClN3O3. The van der Waals surface area contributed by atoms with Crippen LogP contribution in [0.1, 0.15) is 0 Å². The number of aromatic nitrogens is 2. The van der Waals surface area contributed by atoms with Crippen molar-refractivity contribution in [2.45, 2.75) is 6.54 Å². The van der Waals surface area contributed by atoms with Crippen molar-refractivity contribution in [2.75, 3.05) is 32.2 Å². The number of rotatable bonds is 6. The van der Waals surface area contributed by atoms with Crippen molar-refractivity contribution in [3.63, 3.8) is 0 Å². The molecule has 1 aromatic rings. The summed E-state index contributed by atoms with van der Waals surface area (Å²) in [6, 6.07) is 0. The van der Waals surface area contributed by atoms with E-state index in [1.807, 2.05) is 0 Å². The van der Waals surface area contributed by atoms with E-state index in [9.17, 15) is 4.79 Å². The van der Waals surface area contributed by atoms with Gasteiger partial charge in [-0.15, -0.1) is 0 Å². The summed E-state index contributed by atoms with van der Waals surface area (Å²) in [7, 11) is 1.55. The van der Waals surface area contributed by atoms with Crippen molar-refractivity contribution in [2.24, 2.45) is 0 Å². The summed E-state index contributed by atoms with van der Waals surface area (Å²) >= 11 is 5.85. The minimum atomic E-state index is -0.373. The van der Waals surface area contributed by atoms with E-state index >= 15 is 0 Å². The molecule has 0 fully saturated rings. The molecule has 0 aliphatic heterocycles. The molecule has 16 heavy (non-hydrogen) atoms. The molecule has 1 heterocycles. The van der Waals surface area contributed by atoms with E-state index in [1.54, 1.807) is 7.11 Å². The van der Waals surface area contributed by atoms with E-state index < -0.39 is 0 Å². The van der Waals surface area contributed by atoms with E-state index in [0.29, 0.717) is 25.4 Å². The largest absolute Gasteiger partial charge is 0.395 e. The van der Waals surface area contributed by atoms with Crippen molar-refractivity contribution >= 4 is 17.3 Å². The lowest BCUT2D eigenvalue weighted by Gasteiger charge is -2.08. The monoisotopic (exact) mass is 247 g/mol. The van der Waals surface area contributed by atoms with Gasteiger partial charge in [0.15, 0.2) is 0 Å². The van der Waals surface area contributed by atoms with Gasteiger partial charge in [0.2, 0.25) is 0 Å². The van der Waals surface area contributed by atoms with Crippen LogP contribution in [-0.4, -0.2) is 41.8 Å². The van der Waals surface area contributed by atoms with E-state index in [0.717, 1.165) is 0 Å². The number of anilines is 1. The van der Waals surface area contributed by atoms with Gasteiger partial charge in [-0.05, 0) is 0 Å². The van der Waals surface area contributed by atoms with Crippen molar-refractivity contribution < 1.29 is 9.84 Å². The quantitative estimate of drug-likeness (QED) is 0.737. The molecule has 1 aromatic heterocycles. The van der Waals surface area contributed by atoms with Gasteiger partial charge in [0.25, 0.3) is 5.56 Å². The molecule has 2 N–H and O–H groups in total.